The van der Waals surface area contributed by atoms with Crippen LogP contribution in [0.4, 0.5) is 0 Å². The molecule has 1 aromatic rings. The predicted octanol–water partition coefficient (Wildman–Crippen LogP) is 2.15. The number of aliphatic hydroxyl groups is 1. The Balaban J connectivity index is 1.92. The van der Waals surface area contributed by atoms with Crippen LogP contribution >= 0.6 is 11.6 Å². The fraction of sp³-hybridized carbons (Fsp3) is 0.462. The highest BCUT2D eigenvalue weighted by atomic mass is 35.5. The number of hydrogen-bond acceptors (Lipinski definition) is 2. The van der Waals surface area contributed by atoms with Gasteiger partial charge in [0.15, 0.2) is 0 Å². The maximum Gasteiger partial charge on any atom is 0.251 e. The first kappa shape index (κ1) is 12.4. The number of benzene rings is 1. The molecule has 1 aliphatic rings. The molecule has 3 nitrogen and oxygen atoms in total. The van der Waals surface area contributed by atoms with Gasteiger partial charge >= 0.3 is 0 Å². The number of carbonyl (C=O) groups excluding carboxylic acids is 1. The molecule has 0 heterocycles. The Morgan fingerprint density at radius 3 is 2.88 bits per heavy atom. The maximum atomic E-state index is 11.8. The van der Waals surface area contributed by atoms with Crippen molar-refractivity contribution in [2.24, 2.45) is 5.92 Å². The minimum Gasteiger partial charge on any atom is -0.391 e. The standard InChI is InChI=1S/C13H16ClNO2/c1-8-6-10(4-5-11(8)14)13(17)15-7-12(16)9-2-3-9/h4-6,9,12,16H,2-3,7H2,1H3,(H,15,17). The Labute approximate surface area is 106 Å². The van der Waals surface area contributed by atoms with Crippen LogP contribution in [0.1, 0.15) is 28.8 Å². The fourth-order valence-corrected chi connectivity index (χ4v) is 1.85. The van der Waals surface area contributed by atoms with Crippen molar-refractivity contribution in [1.29, 1.82) is 0 Å². The van der Waals surface area contributed by atoms with Crippen LogP contribution in [0.25, 0.3) is 0 Å². The molecule has 2 N–H and O–H groups in total. The molecule has 1 amide bonds. The third-order valence-electron chi connectivity index (χ3n) is 3.06. The Bertz CT molecular complexity index is 429. The summed E-state index contributed by atoms with van der Waals surface area (Å²) in [5.74, 6) is 0.215. The van der Waals surface area contributed by atoms with Gasteiger partial charge in [0.05, 0.1) is 6.10 Å². The molecule has 0 bridgehead atoms. The second-order valence-electron chi connectivity index (χ2n) is 4.58. The average Bonchev–Trinajstić information content (AvgIpc) is 3.13. The highest BCUT2D eigenvalue weighted by Crippen LogP contribution is 2.32. The molecule has 0 aliphatic heterocycles. The summed E-state index contributed by atoms with van der Waals surface area (Å²) in [7, 11) is 0. The maximum absolute atomic E-state index is 11.8. The molecular weight excluding hydrogens is 238 g/mol. The number of amides is 1. The number of halogens is 1. The van der Waals surface area contributed by atoms with Gasteiger partial charge < -0.3 is 10.4 Å². The summed E-state index contributed by atoms with van der Waals surface area (Å²) < 4.78 is 0. The van der Waals surface area contributed by atoms with Gasteiger partial charge in [0.1, 0.15) is 0 Å². The lowest BCUT2D eigenvalue weighted by Crippen LogP contribution is -2.33. The van der Waals surface area contributed by atoms with Crippen LogP contribution in [0.3, 0.4) is 0 Å². The SMILES string of the molecule is Cc1cc(C(=O)NCC(O)C2CC2)ccc1Cl. The Morgan fingerprint density at radius 1 is 1.59 bits per heavy atom. The van der Waals surface area contributed by atoms with Crippen molar-refractivity contribution >= 4 is 17.5 Å². The number of aryl methyl sites for hydroxylation is 1. The quantitative estimate of drug-likeness (QED) is 0.864. The first-order valence-corrected chi connectivity index (χ1v) is 6.18. The molecule has 1 fully saturated rings. The summed E-state index contributed by atoms with van der Waals surface area (Å²) in [5.41, 5.74) is 1.46. The molecule has 0 spiro atoms. The Morgan fingerprint density at radius 2 is 2.29 bits per heavy atom. The molecule has 1 unspecified atom stereocenters. The number of nitrogens with one attached hydrogen (secondary N) is 1. The molecule has 2 rings (SSSR count). The van der Waals surface area contributed by atoms with Gasteiger partial charge in [-0.3, -0.25) is 4.79 Å². The van der Waals surface area contributed by atoms with Crippen LogP contribution in [0.2, 0.25) is 5.02 Å². The van der Waals surface area contributed by atoms with Crippen molar-refractivity contribution in [1.82, 2.24) is 5.32 Å². The molecule has 92 valence electrons. The van der Waals surface area contributed by atoms with Gasteiger partial charge in [-0.2, -0.15) is 0 Å². The Kier molecular flexibility index (Phi) is 3.69. The van der Waals surface area contributed by atoms with Crippen molar-refractivity contribution in [3.63, 3.8) is 0 Å². The topological polar surface area (TPSA) is 49.3 Å². The van der Waals surface area contributed by atoms with Crippen molar-refractivity contribution in [3.05, 3.63) is 34.3 Å². The molecule has 0 aromatic heterocycles. The summed E-state index contributed by atoms with van der Waals surface area (Å²) in [6, 6.07) is 5.15. The summed E-state index contributed by atoms with van der Waals surface area (Å²) in [6.07, 6.45) is 1.72. The lowest BCUT2D eigenvalue weighted by molar-refractivity contribution is 0.0901. The van der Waals surface area contributed by atoms with Crippen LogP contribution in [0.5, 0.6) is 0 Å². The Hall–Kier alpha value is -1.06. The van der Waals surface area contributed by atoms with Crippen molar-refractivity contribution in [3.8, 4) is 0 Å². The van der Waals surface area contributed by atoms with Gasteiger partial charge in [-0.15, -0.1) is 0 Å². The van der Waals surface area contributed by atoms with Crippen LogP contribution in [-0.2, 0) is 0 Å². The molecule has 1 aromatic carbocycles. The van der Waals surface area contributed by atoms with Crippen molar-refractivity contribution in [2.75, 3.05) is 6.54 Å². The normalized spacial score (nSPS) is 16.6. The van der Waals surface area contributed by atoms with Crippen molar-refractivity contribution in [2.45, 2.75) is 25.9 Å². The average molecular weight is 254 g/mol. The zero-order chi connectivity index (χ0) is 12.4. The van der Waals surface area contributed by atoms with E-state index in [9.17, 15) is 9.90 Å². The number of aliphatic hydroxyl groups excluding tert-OH is 1. The minimum absolute atomic E-state index is 0.163. The predicted molar refractivity (Wildman–Crippen MR) is 67.3 cm³/mol. The largest absolute Gasteiger partial charge is 0.391 e. The van der Waals surface area contributed by atoms with E-state index in [1.165, 1.54) is 0 Å². The van der Waals surface area contributed by atoms with Gasteiger partial charge in [0.25, 0.3) is 5.91 Å². The molecule has 1 aliphatic carbocycles. The van der Waals surface area contributed by atoms with Gasteiger partial charge in [0.2, 0.25) is 0 Å². The van der Waals surface area contributed by atoms with Crippen LogP contribution < -0.4 is 5.32 Å². The zero-order valence-corrected chi connectivity index (χ0v) is 10.5. The van der Waals surface area contributed by atoms with E-state index in [-0.39, 0.29) is 5.91 Å². The van der Waals surface area contributed by atoms with E-state index in [1.807, 2.05) is 6.92 Å². The van der Waals surface area contributed by atoms with E-state index in [1.54, 1.807) is 18.2 Å². The van der Waals surface area contributed by atoms with Crippen LogP contribution in [0, 0.1) is 12.8 Å². The summed E-state index contributed by atoms with van der Waals surface area (Å²) in [6.45, 7) is 2.18. The van der Waals surface area contributed by atoms with E-state index < -0.39 is 6.10 Å². The van der Waals surface area contributed by atoms with Crippen molar-refractivity contribution < 1.29 is 9.90 Å². The fourth-order valence-electron chi connectivity index (χ4n) is 1.73. The first-order chi connectivity index (χ1) is 8.08. The second kappa shape index (κ2) is 5.07. The number of hydrogen-bond donors (Lipinski definition) is 2. The van der Waals surface area contributed by atoms with E-state index in [0.29, 0.717) is 23.0 Å². The highest BCUT2D eigenvalue weighted by Gasteiger charge is 2.29. The lowest BCUT2D eigenvalue weighted by Gasteiger charge is -2.11. The molecule has 1 saturated carbocycles. The summed E-state index contributed by atoms with van der Waals surface area (Å²) >= 11 is 5.89. The lowest BCUT2D eigenvalue weighted by atomic mass is 10.1. The van der Waals surface area contributed by atoms with Crippen LogP contribution in [-0.4, -0.2) is 23.7 Å². The van der Waals surface area contributed by atoms with E-state index in [2.05, 4.69) is 5.32 Å². The highest BCUT2D eigenvalue weighted by molar-refractivity contribution is 6.31. The van der Waals surface area contributed by atoms with Gasteiger partial charge in [0, 0.05) is 17.1 Å². The van der Waals surface area contributed by atoms with Gasteiger partial charge in [-0.25, -0.2) is 0 Å². The van der Waals surface area contributed by atoms with Gasteiger partial charge in [-0.1, -0.05) is 11.6 Å². The molecule has 0 radical (unpaired) electrons. The molecule has 1 atom stereocenters. The van der Waals surface area contributed by atoms with Gasteiger partial charge in [-0.05, 0) is 49.4 Å². The van der Waals surface area contributed by atoms with E-state index >= 15 is 0 Å². The monoisotopic (exact) mass is 253 g/mol. The van der Waals surface area contributed by atoms with E-state index in [4.69, 9.17) is 11.6 Å². The third kappa shape index (κ3) is 3.20. The number of carbonyl (C=O) groups is 1. The number of rotatable bonds is 4. The minimum atomic E-state index is -0.410. The second-order valence-corrected chi connectivity index (χ2v) is 4.99. The molecule has 4 heteroatoms. The van der Waals surface area contributed by atoms with E-state index in [0.717, 1.165) is 18.4 Å². The molecule has 17 heavy (non-hydrogen) atoms. The summed E-state index contributed by atoms with van der Waals surface area (Å²) in [4.78, 5) is 11.8. The zero-order valence-electron chi connectivity index (χ0n) is 9.74. The smallest absolute Gasteiger partial charge is 0.251 e. The first-order valence-electron chi connectivity index (χ1n) is 5.80. The van der Waals surface area contributed by atoms with Crippen LogP contribution in [0.15, 0.2) is 18.2 Å². The summed E-state index contributed by atoms with van der Waals surface area (Å²) in [5, 5.41) is 13.0. The molecule has 0 saturated heterocycles. The molecular formula is C13H16ClNO2. The third-order valence-corrected chi connectivity index (χ3v) is 3.48.